The zero-order valence-corrected chi connectivity index (χ0v) is 11.1. The molecule has 0 aliphatic heterocycles. The predicted octanol–water partition coefficient (Wildman–Crippen LogP) is 1.61. The summed E-state index contributed by atoms with van der Waals surface area (Å²) in [7, 11) is 0. The fourth-order valence-corrected chi connectivity index (χ4v) is 0.680. The summed E-state index contributed by atoms with van der Waals surface area (Å²) >= 11 is 0. The van der Waals surface area contributed by atoms with Crippen LogP contribution < -0.4 is 4.74 Å². The summed E-state index contributed by atoms with van der Waals surface area (Å²) in [6.45, 7) is 7.07. The number of benzene rings is 1. The average Bonchev–Trinajstić information content (AvgIpc) is 2.39. The highest BCUT2D eigenvalue weighted by molar-refractivity contribution is 5.20. The molecule has 0 bridgehead atoms. The number of allylic oxidation sites excluding steroid dienone is 1. The number of aliphatic hydroxyl groups excluding tert-OH is 3. The Bertz CT molecular complexity index is 260. The molecule has 0 spiro atoms. The molecule has 3 N–H and O–H groups in total. The van der Waals surface area contributed by atoms with Crippen molar-refractivity contribution in [3.8, 4) is 5.75 Å². The molecule has 0 aliphatic rings. The Hall–Kier alpha value is -1.36. The van der Waals surface area contributed by atoms with Gasteiger partial charge in [-0.15, -0.1) is 6.58 Å². The van der Waals surface area contributed by atoms with Gasteiger partial charge in [0.2, 0.25) is 0 Å². The van der Waals surface area contributed by atoms with Gasteiger partial charge in [-0.2, -0.15) is 0 Å². The zero-order valence-electron chi connectivity index (χ0n) is 11.1. The largest absolute Gasteiger partial charge is 0.491 e. The van der Waals surface area contributed by atoms with Gasteiger partial charge in [-0.25, -0.2) is 0 Å². The minimum Gasteiger partial charge on any atom is -0.491 e. The fourth-order valence-electron chi connectivity index (χ4n) is 0.680. The van der Waals surface area contributed by atoms with E-state index in [0.29, 0.717) is 6.61 Å². The van der Waals surface area contributed by atoms with Crippen molar-refractivity contribution in [3.63, 3.8) is 0 Å². The predicted molar refractivity (Wildman–Crippen MR) is 73.7 cm³/mol. The molecule has 4 heteroatoms. The maximum Gasteiger partial charge on any atom is 0.119 e. The summed E-state index contributed by atoms with van der Waals surface area (Å²) in [6.07, 6.45) is 1.19. The SMILES string of the molecule is C=CC.CC(O)CO.OCCOc1ccccc1. The first-order valence-corrected chi connectivity index (χ1v) is 5.77. The molecule has 0 amide bonds. The number of para-hydroxylation sites is 1. The molecule has 0 radical (unpaired) electrons. The Morgan fingerprint density at radius 1 is 1.28 bits per heavy atom. The van der Waals surface area contributed by atoms with Crippen molar-refractivity contribution in [2.45, 2.75) is 20.0 Å². The normalized spacial score (nSPS) is 10.1. The second-order valence-electron chi connectivity index (χ2n) is 3.32. The van der Waals surface area contributed by atoms with Crippen LogP contribution in [0, 0.1) is 0 Å². The highest BCUT2D eigenvalue weighted by Crippen LogP contribution is 2.06. The standard InChI is InChI=1S/C8H10O2.C3H8O2.C3H6/c9-6-7-10-8-4-2-1-3-5-8;1-3(5)2-4;1-3-2/h1-5,9H,6-7H2;3-5H,2H2,1H3;3H,1H2,2H3. The van der Waals surface area contributed by atoms with Crippen LogP contribution in [0.2, 0.25) is 0 Å². The molecule has 0 saturated carbocycles. The van der Waals surface area contributed by atoms with Gasteiger partial charge in [0.15, 0.2) is 0 Å². The topological polar surface area (TPSA) is 69.9 Å². The second kappa shape index (κ2) is 15.6. The second-order valence-corrected chi connectivity index (χ2v) is 3.32. The minimum atomic E-state index is -0.560. The maximum atomic E-state index is 8.40. The van der Waals surface area contributed by atoms with E-state index in [2.05, 4.69) is 6.58 Å². The van der Waals surface area contributed by atoms with Crippen molar-refractivity contribution in [1.82, 2.24) is 0 Å². The van der Waals surface area contributed by atoms with E-state index < -0.39 is 6.10 Å². The van der Waals surface area contributed by atoms with E-state index in [1.807, 2.05) is 37.3 Å². The van der Waals surface area contributed by atoms with Crippen LogP contribution >= 0.6 is 0 Å². The Morgan fingerprint density at radius 2 is 1.72 bits per heavy atom. The summed E-state index contributed by atoms with van der Waals surface area (Å²) in [5, 5.41) is 24.4. The molecule has 1 aromatic rings. The van der Waals surface area contributed by atoms with E-state index in [-0.39, 0.29) is 13.2 Å². The molecule has 18 heavy (non-hydrogen) atoms. The van der Waals surface area contributed by atoms with E-state index in [4.69, 9.17) is 20.1 Å². The van der Waals surface area contributed by atoms with Crippen LogP contribution in [-0.4, -0.2) is 41.2 Å². The third-order valence-electron chi connectivity index (χ3n) is 1.37. The van der Waals surface area contributed by atoms with Crippen LogP contribution in [0.1, 0.15) is 13.8 Å². The molecule has 4 nitrogen and oxygen atoms in total. The summed E-state index contributed by atoms with van der Waals surface area (Å²) in [5.74, 6) is 0.802. The molecule has 0 aliphatic carbocycles. The van der Waals surface area contributed by atoms with E-state index >= 15 is 0 Å². The van der Waals surface area contributed by atoms with Crippen LogP contribution in [0.15, 0.2) is 43.0 Å². The molecule has 0 aromatic heterocycles. The highest BCUT2D eigenvalue weighted by Gasteiger charge is 1.87. The average molecular weight is 256 g/mol. The molecule has 1 atom stereocenters. The van der Waals surface area contributed by atoms with Crippen molar-refractivity contribution in [2.75, 3.05) is 19.8 Å². The molecule has 1 unspecified atom stereocenters. The van der Waals surface area contributed by atoms with E-state index in [0.717, 1.165) is 5.75 Å². The van der Waals surface area contributed by atoms with Crippen LogP contribution in [-0.2, 0) is 0 Å². The van der Waals surface area contributed by atoms with Gasteiger partial charge in [0.25, 0.3) is 0 Å². The summed E-state index contributed by atoms with van der Waals surface area (Å²) < 4.78 is 5.11. The third-order valence-corrected chi connectivity index (χ3v) is 1.37. The van der Waals surface area contributed by atoms with Crippen molar-refractivity contribution >= 4 is 0 Å². The zero-order chi connectivity index (χ0) is 14.2. The van der Waals surface area contributed by atoms with Crippen LogP contribution in [0.3, 0.4) is 0 Å². The van der Waals surface area contributed by atoms with Crippen molar-refractivity contribution in [3.05, 3.63) is 43.0 Å². The van der Waals surface area contributed by atoms with Crippen LogP contribution in [0.5, 0.6) is 5.75 Å². The first-order valence-electron chi connectivity index (χ1n) is 5.77. The number of aliphatic hydroxyl groups is 3. The third kappa shape index (κ3) is 17.0. The maximum absolute atomic E-state index is 8.40. The van der Waals surface area contributed by atoms with Crippen LogP contribution in [0.4, 0.5) is 0 Å². The molecule has 0 saturated heterocycles. The molecule has 104 valence electrons. The lowest BCUT2D eigenvalue weighted by Gasteiger charge is -2.01. The van der Waals surface area contributed by atoms with Gasteiger partial charge in [-0.05, 0) is 26.0 Å². The lowest BCUT2D eigenvalue weighted by molar-refractivity contribution is 0.110. The lowest BCUT2D eigenvalue weighted by atomic mass is 10.3. The number of hydrogen-bond donors (Lipinski definition) is 3. The van der Waals surface area contributed by atoms with Gasteiger partial charge in [-0.1, -0.05) is 24.3 Å². The highest BCUT2D eigenvalue weighted by atomic mass is 16.5. The number of rotatable bonds is 4. The fraction of sp³-hybridized carbons (Fsp3) is 0.429. The molecule has 0 heterocycles. The molecule has 1 aromatic carbocycles. The first kappa shape index (κ1) is 19.0. The Labute approximate surface area is 109 Å². The summed E-state index contributed by atoms with van der Waals surface area (Å²) in [4.78, 5) is 0. The first-order chi connectivity index (χ1) is 8.62. The van der Waals surface area contributed by atoms with Crippen molar-refractivity contribution in [1.29, 1.82) is 0 Å². The van der Waals surface area contributed by atoms with E-state index in [9.17, 15) is 0 Å². The lowest BCUT2D eigenvalue weighted by Crippen LogP contribution is -2.03. The van der Waals surface area contributed by atoms with Gasteiger partial charge in [0, 0.05) is 0 Å². The van der Waals surface area contributed by atoms with Gasteiger partial charge in [-0.3, -0.25) is 0 Å². The van der Waals surface area contributed by atoms with Gasteiger partial charge in [0.1, 0.15) is 12.4 Å². The van der Waals surface area contributed by atoms with Crippen molar-refractivity contribution in [2.24, 2.45) is 0 Å². The summed E-state index contributed by atoms with van der Waals surface area (Å²) in [5.41, 5.74) is 0. The van der Waals surface area contributed by atoms with Crippen LogP contribution in [0.25, 0.3) is 0 Å². The Morgan fingerprint density at radius 3 is 2.06 bits per heavy atom. The minimum absolute atomic E-state index is 0.0644. The van der Waals surface area contributed by atoms with E-state index in [1.54, 1.807) is 6.08 Å². The smallest absolute Gasteiger partial charge is 0.119 e. The van der Waals surface area contributed by atoms with Gasteiger partial charge in [0.05, 0.1) is 19.3 Å². The number of hydrogen-bond acceptors (Lipinski definition) is 4. The monoisotopic (exact) mass is 256 g/mol. The molecular weight excluding hydrogens is 232 g/mol. The van der Waals surface area contributed by atoms with Crippen molar-refractivity contribution < 1.29 is 20.1 Å². The van der Waals surface area contributed by atoms with Gasteiger partial charge < -0.3 is 20.1 Å². The molecule has 1 rings (SSSR count). The molecule has 0 fully saturated rings. The number of ether oxygens (including phenoxy) is 1. The van der Waals surface area contributed by atoms with Gasteiger partial charge >= 0.3 is 0 Å². The van der Waals surface area contributed by atoms with E-state index in [1.165, 1.54) is 6.92 Å². The Balaban J connectivity index is 0. The Kier molecular flexibility index (Phi) is 16.5. The quantitative estimate of drug-likeness (QED) is 0.716. The molecular formula is C14H24O4. The summed E-state index contributed by atoms with van der Waals surface area (Å²) in [6, 6.07) is 9.43.